The quantitative estimate of drug-likeness (QED) is 0.802. The molecule has 0 aromatic heterocycles. The van der Waals surface area contributed by atoms with Crippen LogP contribution in [-0.4, -0.2) is 48.8 Å². The zero-order valence-electron chi connectivity index (χ0n) is 16.4. The zero-order chi connectivity index (χ0) is 19.5. The summed E-state index contributed by atoms with van der Waals surface area (Å²) in [5.74, 6) is 0.163. The second-order valence-corrected chi connectivity index (χ2v) is 9.20. The molecule has 26 heavy (non-hydrogen) atoms. The highest BCUT2D eigenvalue weighted by Crippen LogP contribution is 2.26. The third-order valence-electron chi connectivity index (χ3n) is 4.60. The molecule has 1 aromatic rings. The molecule has 0 unspecified atom stereocenters. The zero-order valence-corrected chi connectivity index (χ0v) is 18.0. The molecule has 1 N–H and O–H groups in total. The lowest BCUT2D eigenvalue weighted by Gasteiger charge is -2.35. The van der Waals surface area contributed by atoms with Crippen LogP contribution in [0.1, 0.15) is 39.2 Å². The summed E-state index contributed by atoms with van der Waals surface area (Å²) in [5.41, 5.74) is 1.62. The maximum absolute atomic E-state index is 12.6. The Labute approximate surface area is 165 Å². The molecule has 5 nitrogen and oxygen atoms in total. The van der Waals surface area contributed by atoms with Crippen molar-refractivity contribution in [3.63, 3.8) is 0 Å². The first-order valence-corrected chi connectivity index (χ1v) is 9.90. The van der Waals surface area contributed by atoms with Crippen LogP contribution in [0.4, 0.5) is 5.69 Å². The molecule has 0 bridgehead atoms. The van der Waals surface area contributed by atoms with Crippen LogP contribution < -0.4 is 5.32 Å². The molecule has 2 amide bonds. The molecule has 1 saturated heterocycles. The first-order valence-electron chi connectivity index (χ1n) is 9.11. The number of piperidine rings is 1. The molecule has 6 heteroatoms. The molecule has 0 atom stereocenters. The van der Waals surface area contributed by atoms with Gasteiger partial charge in [0.05, 0.1) is 0 Å². The summed E-state index contributed by atoms with van der Waals surface area (Å²) in [7, 11) is 4.05. The van der Waals surface area contributed by atoms with Crippen molar-refractivity contribution < 1.29 is 9.59 Å². The Balaban J connectivity index is 1.91. The summed E-state index contributed by atoms with van der Waals surface area (Å²) >= 11 is 3.58. The summed E-state index contributed by atoms with van der Waals surface area (Å²) in [5, 5.41) is 3.02. The molecule has 2 rings (SSSR count). The standard InChI is InChI=1S/C20H30BrN3O2/c1-20(2,3)19(26)24-10-8-14(9-11-24)18(25)22-16-7-6-15(13-23(4)5)17(21)12-16/h6-7,12,14H,8-11,13H2,1-5H3,(H,22,25). The number of halogens is 1. The van der Waals surface area contributed by atoms with Gasteiger partial charge < -0.3 is 15.1 Å². The monoisotopic (exact) mass is 423 g/mol. The van der Waals surface area contributed by atoms with Gasteiger partial charge in [0.1, 0.15) is 0 Å². The number of benzene rings is 1. The number of hydrogen-bond acceptors (Lipinski definition) is 3. The number of likely N-dealkylation sites (tertiary alicyclic amines) is 1. The molecule has 1 aliphatic rings. The molecular weight excluding hydrogens is 394 g/mol. The molecule has 0 radical (unpaired) electrons. The van der Waals surface area contributed by atoms with Crippen LogP contribution in [0.15, 0.2) is 22.7 Å². The lowest BCUT2D eigenvalue weighted by atomic mass is 9.90. The van der Waals surface area contributed by atoms with E-state index in [1.54, 1.807) is 0 Å². The van der Waals surface area contributed by atoms with Crippen molar-refractivity contribution in [3.8, 4) is 0 Å². The Morgan fingerprint density at radius 1 is 1.23 bits per heavy atom. The lowest BCUT2D eigenvalue weighted by Crippen LogP contribution is -2.45. The summed E-state index contributed by atoms with van der Waals surface area (Å²) < 4.78 is 0.995. The molecule has 0 spiro atoms. The van der Waals surface area contributed by atoms with Crippen molar-refractivity contribution in [1.82, 2.24) is 9.80 Å². The first kappa shape index (κ1) is 20.9. The van der Waals surface area contributed by atoms with Crippen LogP contribution in [0, 0.1) is 11.3 Å². The fraction of sp³-hybridized carbons (Fsp3) is 0.600. The molecule has 1 fully saturated rings. The van der Waals surface area contributed by atoms with Gasteiger partial charge >= 0.3 is 0 Å². The fourth-order valence-corrected chi connectivity index (χ4v) is 3.66. The number of carbonyl (C=O) groups is 2. The smallest absolute Gasteiger partial charge is 0.227 e. The second kappa shape index (κ2) is 8.53. The van der Waals surface area contributed by atoms with Gasteiger partial charge in [0.25, 0.3) is 0 Å². The van der Waals surface area contributed by atoms with Crippen molar-refractivity contribution in [1.29, 1.82) is 0 Å². The highest BCUT2D eigenvalue weighted by Gasteiger charge is 2.32. The van der Waals surface area contributed by atoms with Gasteiger partial charge in [0.15, 0.2) is 0 Å². The number of rotatable bonds is 4. The first-order chi connectivity index (χ1) is 12.1. The SMILES string of the molecule is CN(C)Cc1ccc(NC(=O)C2CCN(C(=O)C(C)(C)C)CC2)cc1Br. The van der Waals surface area contributed by atoms with Crippen LogP contribution in [0.25, 0.3) is 0 Å². The Kier molecular flexibility index (Phi) is 6.86. The minimum atomic E-state index is -0.365. The minimum Gasteiger partial charge on any atom is -0.342 e. The van der Waals surface area contributed by atoms with Crippen molar-refractivity contribution >= 4 is 33.4 Å². The average molecular weight is 424 g/mol. The lowest BCUT2D eigenvalue weighted by molar-refractivity contribution is -0.142. The molecular formula is C20H30BrN3O2. The predicted molar refractivity (Wildman–Crippen MR) is 109 cm³/mol. The average Bonchev–Trinajstić information content (AvgIpc) is 2.55. The van der Waals surface area contributed by atoms with Crippen molar-refractivity contribution in [2.24, 2.45) is 11.3 Å². The predicted octanol–water partition coefficient (Wildman–Crippen LogP) is 3.73. The Morgan fingerprint density at radius 2 is 1.85 bits per heavy atom. The fourth-order valence-electron chi connectivity index (χ4n) is 3.16. The number of amides is 2. The van der Waals surface area contributed by atoms with Crippen LogP contribution in [0.2, 0.25) is 0 Å². The molecule has 1 aliphatic heterocycles. The minimum absolute atomic E-state index is 0.0418. The summed E-state index contributed by atoms with van der Waals surface area (Å²) in [4.78, 5) is 28.9. The molecule has 0 aliphatic carbocycles. The number of nitrogens with one attached hydrogen (secondary N) is 1. The topological polar surface area (TPSA) is 52.7 Å². The second-order valence-electron chi connectivity index (χ2n) is 8.35. The normalized spacial score (nSPS) is 16.0. The molecule has 1 aromatic carbocycles. The third kappa shape index (κ3) is 5.55. The van der Waals surface area contributed by atoms with Gasteiger partial charge in [0.2, 0.25) is 11.8 Å². The highest BCUT2D eigenvalue weighted by molar-refractivity contribution is 9.10. The number of anilines is 1. The van der Waals surface area contributed by atoms with Crippen LogP contribution >= 0.6 is 15.9 Å². The van der Waals surface area contributed by atoms with E-state index >= 15 is 0 Å². The van der Waals surface area contributed by atoms with Gasteiger partial charge in [-0.2, -0.15) is 0 Å². The highest BCUT2D eigenvalue weighted by atomic mass is 79.9. The van der Waals surface area contributed by atoms with E-state index in [9.17, 15) is 9.59 Å². The Bertz CT molecular complexity index is 660. The summed E-state index contributed by atoms with van der Waals surface area (Å²) in [6.45, 7) is 7.96. The van der Waals surface area contributed by atoms with Crippen molar-refractivity contribution in [2.75, 3.05) is 32.5 Å². The van der Waals surface area contributed by atoms with E-state index in [2.05, 4.69) is 26.1 Å². The van der Waals surface area contributed by atoms with E-state index in [4.69, 9.17) is 0 Å². The van der Waals surface area contributed by atoms with E-state index in [0.717, 1.165) is 16.7 Å². The van der Waals surface area contributed by atoms with Crippen LogP contribution in [0.3, 0.4) is 0 Å². The molecule has 144 valence electrons. The van der Waals surface area contributed by atoms with Gasteiger partial charge in [-0.05, 0) is 44.6 Å². The Hall–Kier alpha value is -1.40. The van der Waals surface area contributed by atoms with E-state index in [0.29, 0.717) is 25.9 Å². The largest absolute Gasteiger partial charge is 0.342 e. The van der Waals surface area contributed by atoms with Gasteiger partial charge in [0, 0.05) is 41.1 Å². The maximum atomic E-state index is 12.6. The van der Waals surface area contributed by atoms with Crippen molar-refractivity contribution in [2.45, 2.75) is 40.2 Å². The van der Waals surface area contributed by atoms with E-state index in [1.165, 1.54) is 5.56 Å². The maximum Gasteiger partial charge on any atom is 0.227 e. The van der Waals surface area contributed by atoms with Crippen LogP contribution in [0.5, 0.6) is 0 Å². The van der Waals surface area contributed by atoms with E-state index < -0.39 is 0 Å². The molecule has 0 saturated carbocycles. The number of hydrogen-bond donors (Lipinski definition) is 1. The van der Waals surface area contributed by atoms with Gasteiger partial charge in [-0.1, -0.05) is 42.8 Å². The van der Waals surface area contributed by atoms with E-state index in [-0.39, 0.29) is 23.1 Å². The van der Waals surface area contributed by atoms with Crippen molar-refractivity contribution in [3.05, 3.63) is 28.2 Å². The molecule has 1 heterocycles. The van der Waals surface area contributed by atoms with Gasteiger partial charge in [-0.15, -0.1) is 0 Å². The number of nitrogens with zero attached hydrogens (tertiary/aromatic N) is 2. The van der Waals surface area contributed by atoms with Gasteiger partial charge in [-0.25, -0.2) is 0 Å². The van der Waals surface area contributed by atoms with Gasteiger partial charge in [-0.3, -0.25) is 9.59 Å². The summed E-state index contributed by atoms with van der Waals surface area (Å²) in [6.07, 6.45) is 1.43. The third-order valence-corrected chi connectivity index (χ3v) is 5.34. The van der Waals surface area contributed by atoms with E-state index in [1.807, 2.05) is 58.0 Å². The van der Waals surface area contributed by atoms with Crippen LogP contribution in [-0.2, 0) is 16.1 Å². The Morgan fingerprint density at radius 3 is 2.35 bits per heavy atom. The summed E-state index contributed by atoms with van der Waals surface area (Å²) in [6, 6.07) is 5.93. The number of carbonyl (C=O) groups excluding carboxylic acids is 2.